The van der Waals surface area contributed by atoms with Gasteiger partial charge in [0.25, 0.3) is 0 Å². The van der Waals surface area contributed by atoms with Crippen molar-refractivity contribution in [3.8, 4) is 22.9 Å². The number of hydrogen-bond donors (Lipinski definition) is 3. The van der Waals surface area contributed by atoms with Crippen molar-refractivity contribution in [3.05, 3.63) is 42.5 Å². The van der Waals surface area contributed by atoms with Crippen molar-refractivity contribution in [2.75, 3.05) is 24.7 Å². The van der Waals surface area contributed by atoms with E-state index in [4.69, 9.17) is 20.9 Å². The molecule has 8 heteroatoms. The summed E-state index contributed by atoms with van der Waals surface area (Å²) < 4.78 is 10.6. The summed E-state index contributed by atoms with van der Waals surface area (Å²) in [6, 6.07) is 12.7. The second kappa shape index (κ2) is 6.65. The number of fused-ring (bicyclic) bond motifs is 1. The molecule has 118 valence electrons. The van der Waals surface area contributed by atoms with Gasteiger partial charge >= 0.3 is 0 Å². The minimum absolute atomic E-state index is 0.579. The number of H-pyrrole nitrogens is 1. The highest BCUT2D eigenvalue weighted by atomic mass is 16.6. The number of nitrogens with two attached hydrogens (primary N) is 2. The number of anilines is 2. The maximum atomic E-state index is 5.55. The Balaban J connectivity index is 0.000000136. The molecule has 2 aromatic carbocycles. The Morgan fingerprint density at radius 1 is 0.870 bits per heavy atom. The molecule has 0 bridgehead atoms. The zero-order chi connectivity index (χ0) is 16.1. The summed E-state index contributed by atoms with van der Waals surface area (Å²) in [4.78, 5) is 0. The van der Waals surface area contributed by atoms with Crippen LogP contribution in [0.25, 0.3) is 11.4 Å². The van der Waals surface area contributed by atoms with Crippen LogP contribution >= 0.6 is 0 Å². The molecule has 0 unspecified atom stereocenters. The van der Waals surface area contributed by atoms with E-state index in [2.05, 4.69) is 20.6 Å². The first-order chi connectivity index (χ1) is 11.2. The van der Waals surface area contributed by atoms with Gasteiger partial charge in [0, 0.05) is 23.0 Å². The quantitative estimate of drug-likeness (QED) is 0.581. The summed E-state index contributed by atoms with van der Waals surface area (Å²) >= 11 is 0. The first-order valence-corrected chi connectivity index (χ1v) is 6.97. The van der Waals surface area contributed by atoms with Crippen LogP contribution < -0.4 is 20.9 Å². The van der Waals surface area contributed by atoms with Crippen LogP contribution in [0.3, 0.4) is 0 Å². The van der Waals surface area contributed by atoms with Crippen molar-refractivity contribution in [2.24, 2.45) is 0 Å². The van der Waals surface area contributed by atoms with E-state index < -0.39 is 0 Å². The number of aromatic amines is 1. The zero-order valence-electron chi connectivity index (χ0n) is 12.3. The fourth-order valence-electron chi connectivity index (χ4n) is 1.98. The number of hydrogen-bond acceptors (Lipinski definition) is 7. The van der Waals surface area contributed by atoms with Gasteiger partial charge in [0.2, 0.25) is 5.82 Å². The van der Waals surface area contributed by atoms with Crippen LogP contribution in [-0.2, 0) is 0 Å². The summed E-state index contributed by atoms with van der Waals surface area (Å²) in [6.45, 7) is 1.23. The van der Waals surface area contributed by atoms with E-state index in [1.54, 1.807) is 24.3 Å². The normalized spacial score (nSPS) is 12.2. The highest BCUT2D eigenvalue weighted by Crippen LogP contribution is 2.31. The molecule has 3 aromatic rings. The zero-order valence-corrected chi connectivity index (χ0v) is 12.3. The van der Waals surface area contributed by atoms with Crippen LogP contribution in [0.1, 0.15) is 0 Å². The van der Waals surface area contributed by atoms with Crippen LogP contribution in [0.5, 0.6) is 11.5 Å². The first-order valence-electron chi connectivity index (χ1n) is 6.97. The number of ether oxygens (including phenoxy) is 2. The third-order valence-electron chi connectivity index (χ3n) is 3.08. The van der Waals surface area contributed by atoms with E-state index in [-0.39, 0.29) is 0 Å². The lowest BCUT2D eigenvalue weighted by Gasteiger charge is -2.17. The van der Waals surface area contributed by atoms with Crippen molar-refractivity contribution in [2.45, 2.75) is 0 Å². The van der Waals surface area contributed by atoms with Gasteiger partial charge in [-0.1, -0.05) is 0 Å². The summed E-state index contributed by atoms with van der Waals surface area (Å²) in [6.07, 6.45) is 0. The number of aromatic nitrogens is 4. The van der Waals surface area contributed by atoms with Crippen LogP contribution in [0.2, 0.25) is 0 Å². The van der Waals surface area contributed by atoms with Crippen molar-refractivity contribution < 1.29 is 9.47 Å². The van der Waals surface area contributed by atoms with Gasteiger partial charge in [0.1, 0.15) is 13.2 Å². The molecule has 0 atom stereocenters. The van der Waals surface area contributed by atoms with Crippen LogP contribution in [0, 0.1) is 0 Å². The lowest BCUT2D eigenvalue weighted by molar-refractivity contribution is 0.171. The number of nitrogen functional groups attached to an aromatic ring is 2. The molecule has 4 rings (SSSR count). The maximum Gasteiger partial charge on any atom is 0.204 e. The fourth-order valence-corrected chi connectivity index (χ4v) is 1.98. The molecule has 0 spiro atoms. The van der Waals surface area contributed by atoms with Crippen molar-refractivity contribution in [1.82, 2.24) is 20.6 Å². The molecular weight excluding hydrogens is 296 g/mol. The van der Waals surface area contributed by atoms with E-state index in [1.807, 2.05) is 18.2 Å². The van der Waals surface area contributed by atoms with E-state index in [9.17, 15) is 0 Å². The molecule has 1 aliphatic rings. The summed E-state index contributed by atoms with van der Waals surface area (Å²) in [5.74, 6) is 2.11. The van der Waals surface area contributed by atoms with Gasteiger partial charge in [-0.15, -0.1) is 10.2 Å². The van der Waals surface area contributed by atoms with Gasteiger partial charge in [0.15, 0.2) is 11.5 Å². The van der Waals surface area contributed by atoms with Gasteiger partial charge in [-0.3, -0.25) is 0 Å². The van der Waals surface area contributed by atoms with E-state index in [1.165, 1.54) is 0 Å². The molecule has 0 radical (unpaired) electrons. The Morgan fingerprint density at radius 3 is 2.26 bits per heavy atom. The minimum Gasteiger partial charge on any atom is -0.486 e. The van der Waals surface area contributed by atoms with Gasteiger partial charge in [0.05, 0.1) is 0 Å². The van der Waals surface area contributed by atoms with Gasteiger partial charge in [-0.25, -0.2) is 0 Å². The fraction of sp³-hybridized carbons (Fsp3) is 0.133. The third kappa shape index (κ3) is 3.67. The second-order valence-electron chi connectivity index (χ2n) is 4.76. The smallest absolute Gasteiger partial charge is 0.204 e. The predicted molar refractivity (Wildman–Crippen MR) is 85.9 cm³/mol. The monoisotopic (exact) mass is 312 g/mol. The lowest BCUT2D eigenvalue weighted by Crippen LogP contribution is -2.15. The summed E-state index contributed by atoms with van der Waals surface area (Å²) in [5.41, 5.74) is 13.4. The van der Waals surface area contributed by atoms with Crippen LogP contribution in [-0.4, -0.2) is 33.8 Å². The molecule has 0 saturated heterocycles. The lowest BCUT2D eigenvalue weighted by atomic mass is 10.2. The average Bonchev–Trinajstić information content (AvgIpc) is 3.10. The Bertz CT molecular complexity index is 758. The Morgan fingerprint density at radius 2 is 1.57 bits per heavy atom. The molecular formula is C15H16N6O2. The summed E-state index contributed by atoms with van der Waals surface area (Å²) in [7, 11) is 0. The minimum atomic E-state index is 0.579. The molecule has 23 heavy (non-hydrogen) atoms. The second-order valence-corrected chi connectivity index (χ2v) is 4.76. The predicted octanol–water partition coefficient (Wildman–Crippen LogP) is 1.49. The highest BCUT2D eigenvalue weighted by Gasteiger charge is 2.10. The van der Waals surface area contributed by atoms with Gasteiger partial charge in [-0.2, -0.15) is 5.21 Å². The number of tetrazole rings is 1. The van der Waals surface area contributed by atoms with Crippen molar-refractivity contribution in [1.29, 1.82) is 0 Å². The molecule has 1 aliphatic heterocycles. The van der Waals surface area contributed by atoms with Crippen molar-refractivity contribution in [3.63, 3.8) is 0 Å². The van der Waals surface area contributed by atoms with Gasteiger partial charge in [-0.05, 0) is 41.6 Å². The molecule has 5 N–H and O–H groups in total. The number of rotatable bonds is 1. The third-order valence-corrected chi connectivity index (χ3v) is 3.08. The molecule has 2 heterocycles. The Kier molecular flexibility index (Phi) is 4.23. The van der Waals surface area contributed by atoms with Crippen LogP contribution in [0.15, 0.2) is 42.5 Å². The molecule has 8 nitrogen and oxygen atoms in total. The van der Waals surface area contributed by atoms with E-state index in [0.717, 1.165) is 22.7 Å². The van der Waals surface area contributed by atoms with Crippen molar-refractivity contribution >= 4 is 11.4 Å². The molecule has 0 amide bonds. The SMILES string of the molecule is Nc1ccc(-c2nn[nH]n2)cc1.Nc1ccc2c(c1)OCCO2. The Labute approximate surface area is 132 Å². The number of benzene rings is 2. The van der Waals surface area contributed by atoms with Gasteiger partial charge < -0.3 is 20.9 Å². The summed E-state index contributed by atoms with van der Waals surface area (Å²) in [5, 5.41) is 13.5. The molecule has 0 aliphatic carbocycles. The maximum absolute atomic E-state index is 5.55. The van der Waals surface area contributed by atoms with E-state index in [0.29, 0.717) is 24.7 Å². The first kappa shape index (κ1) is 14.6. The standard InChI is InChI=1S/C8H9NO2.C7H7N5/c9-6-1-2-7-8(5-6)11-4-3-10-7;8-6-3-1-5(2-4-6)7-9-11-12-10-7/h1-2,5H,3-4,9H2;1-4H,8H2,(H,9,10,11,12). The van der Waals surface area contributed by atoms with Crippen LogP contribution in [0.4, 0.5) is 11.4 Å². The molecule has 0 saturated carbocycles. The average molecular weight is 312 g/mol. The number of nitrogens with one attached hydrogen (secondary N) is 1. The largest absolute Gasteiger partial charge is 0.486 e. The highest BCUT2D eigenvalue weighted by molar-refractivity contribution is 5.57. The topological polar surface area (TPSA) is 125 Å². The number of nitrogens with zero attached hydrogens (tertiary/aromatic N) is 3. The Hall–Kier alpha value is -3.29. The van der Waals surface area contributed by atoms with E-state index >= 15 is 0 Å². The molecule has 0 fully saturated rings. The molecule has 1 aromatic heterocycles.